The second kappa shape index (κ2) is 9.88. The Morgan fingerprint density at radius 1 is 1.09 bits per heavy atom. The van der Waals surface area contributed by atoms with E-state index in [0.29, 0.717) is 36.4 Å². The Morgan fingerprint density at radius 2 is 1.97 bits per heavy atom. The minimum absolute atomic E-state index is 0.181. The van der Waals surface area contributed by atoms with Crippen molar-refractivity contribution in [3.05, 3.63) is 64.7 Å². The molecule has 0 aliphatic carbocycles. The number of nitriles is 1. The van der Waals surface area contributed by atoms with E-state index in [2.05, 4.69) is 22.4 Å². The van der Waals surface area contributed by atoms with Gasteiger partial charge in [0.25, 0.3) is 5.91 Å². The van der Waals surface area contributed by atoms with Gasteiger partial charge in [0.15, 0.2) is 0 Å². The van der Waals surface area contributed by atoms with Gasteiger partial charge in [0, 0.05) is 31.1 Å². The molecule has 0 saturated carbocycles. The molecule has 0 radical (unpaired) electrons. The standard InChI is InChI=1S/C27H28N4O4/c28-14-18-4-3-5-19(12-18)15-30-11-2-1-6-21(30)17-35-22-7-8-23-20(13-22)16-31(27(23)34)24-9-10-25(32)29-26(24)33/h3-5,7-8,12-13,21,24H,1-2,6,9-11,15-17H2,(H,29,32,33)/t21-,24?/m0/s1. The number of piperidine rings is 2. The van der Waals surface area contributed by atoms with Gasteiger partial charge in [-0.1, -0.05) is 18.6 Å². The molecular formula is C27H28N4O4. The maximum atomic E-state index is 12.9. The van der Waals surface area contributed by atoms with Gasteiger partial charge < -0.3 is 9.64 Å². The lowest BCUT2D eigenvalue weighted by Crippen LogP contribution is -2.52. The third kappa shape index (κ3) is 4.91. The lowest BCUT2D eigenvalue weighted by molar-refractivity contribution is -0.136. The molecule has 8 nitrogen and oxygen atoms in total. The summed E-state index contributed by atoms with van der Waals surface area (Å²) in [7, 11) is 0. The average molecular weight is 473 g/mol. The van der Waals surface area contributed by atoms with Gasteiger partial charge in [-0.3, -0.25) is 24.6 Å². The third-order valence-corrected chi connectivity index (χ3v) is 7.13. The number of carbonyl (C=O) groups is 3. The molecule has 3 aliphatic rings. The summed E-state index contributed by atoms with van der Waals surface area (Å²) >= 11 is 0. The smallest absolute Gasteiger partial charge is 0.255 e. The van der Waals surface area contributed by atoms with Gasteiger partial charge >= 0.3 is 0 Å². The fraction of sp³-hybridized carbons (Fsp3) is 0.407. The van der Waals surface area contributed by atoms with Crippen molar-refractivity contribution in [3.63, 3.8) is 0 Å². The molecule has 3 heterocycles. The van der Waals surface area contributed by atoms with E-state index in [1.165, 1.54) is 0 Å². The number of amides is 3. The van der Waals surface area contributed by atoms with Crippen LogP contribution in [0.5, 0.6) is 5.75 Å². The van der Waals surface area contributed by atoms with E-state index in [1.807, 2.05) is 30.3 Å². The number of fused-ring (bicyclic) bond motifs is 1. The topological polar surface area (TPSA) is 103 Å². The van der Waals surface area contributed by atoms with Crippen LogP contribution in [0.15, 0.2) is 42.5 Å². The maximum Gasteiger partial charge on any atom is 0.255 e. The molecule has 180 valence electrons. The van der Waals surface area contributed by atoms with Crippen LogP contribution in [0.3, 0.4) is 0 Å². The zero-order chi connectivity index (χ0) is 24.4. The first-order chi connectivity index (χ1) is 17.0. The molecule has 1 N–H and O–H groups in total. The highest BCUT2D eigenvalue weighted by Crippen LogP contribution is 2.30. The molecular weight excluding hydrogens is 444 g/mol. The molecule has 2 saturated heterocycles. The number of nitrogens with one attached hydrogen (secondary N) is 1. The van der Waals surface area contributed by atoms with Crippen LogP contribution < -0.4 is 10.1 Å². The number of rotatable bonds is 6. The monoisotopic (exact) mass is 472 g/mol. The van der Waals surface area contributed by atoms with Crippen molar-refractivity contribution < 1.29 is 19.1 Å². The van der Waals surface area contributed by atoms with Crippen molar-refractivity contribution in [2.75, 3.05) is 13.2 Å². The SMILES string of the molecule is N#Cc1cccc(CN2CCCC[C@H]2COc2ccc3c(c2)CN(C2CCC(=O)NC2=O)C3=O)c1. The van der Waals surface area contributed by atoms with Crippen LogP contribution in [0.25, 0.3) is 0 Å². The number of hydrogen-bond donors (Lipinski definition) is 1. The summed E-state index contributed by atoms with van der Waals surface area (Å²) < 4.78 is 6.19. The second-order valence-corrected chi connectivity index (χ2v) is 9.46. The Bertz CT molecular complexity index is 1200. The highest BCUT2D eigenvalue weighted by molar-refractivity contribution is 6.05. The zero-order valence-electron chi connectivity index (χ0n) is 19.5. The van der Waals surface area contributed by atoms with E-state index >= 15 is 0 Å². The van der Waals surface area contributed by atoms with Gasteiger partial charge in [-0.2, -0.15) is 5.26 Å². The van der Waals surface area contributed by atoms with Crippen molar-refractivity contribution in [2.45, 2.75) is 57.3 Å². The summed E-state index contributed by atoms with van der Waals surface area (Å²) in [6.45, 7) is 2.65. The van der Waals surface area contributed by atoms with Gasteiger partial charge in [-0.25, -0.2) is 0 Å². The van der Waals surface area contributed by atoms with Gasteiger partial charge in [0.1, 0.15) is 18.4 Å². The normalized spacial score (nSPS) is 22.5. The minimum atomic E-state index is -0.618. The number of nitrogens with zero attached hydrogens (tertiary/aromatic N) is 3. The van der Waals surface area contributed by atoms with Gasteiger partial charge in [0.05, 0.1) is 11.6 Å². The molecule has 2 aromatic rings. The van der Waals surface area contributed by atoms with Crippen LogP contribution in [-0.2, 0) is 22.7 Å². The van der Waals surface area contributed by atoms with E-state index in [-0.39, 0.29) is 24.3 Å². The number of ether oxygens (including phenoxy) is 1. The van der Waals surface area contributed by atoms with E-state index in [0.717, 1.165) is 43.5 Å². The van der Waals surface area contributed by atoms with Crippen LogP contribution in [0, 0.1) is 11.3 Å². The van der Waals surface area contributed by atoms with E-state index < -0.39 is 11.9 Å². The molecule has 8 heteroatoms. The van der Waals surface area contributed by atoms with E-state index in [1.54, 1.807) is 11.0 Å². The summed E-state index contributed by atoms with van der Waals surface area (Å²) in [4.78, 5) is 40.6. The summed E-state index contributed by atoms with van der Waals surface area (Å²) in [6.07, 6.45) is 3.94. The lowest BCUT2D eigenvalue weighted by Gasteiger charge is -2.35. The molecule has 35 heavy (non-hydrogen) atoms. The second-order valence-electron chi connectivity index (χ2n) is 9.46. The molecule has 0 bridgehead atoms. The highest BCUT2D eigenvalue weighted by atomic mass is 16.5. The molecule has 2 aromatic carbocycles. The fourth-order valence-electron chi connectivity index (χ4n) is 5.26. The van der Waals surface area contributed by atoms with Gasteiger partial charge in [-0.05, 0) is 67.3 Å². The first-order valence-corrected chi connectivity index (χ1v) is 12.2. The lowest BCUT2D eigenvalue weighted by atomic mass is 10.0. The average Bonchev–Trinajstić information content (AvgIpc) is 3.19. The Kier molecular flexibility index (Phi) is 6.51. The van der Waals surface area contributed by atoms with Gasteiger partial charge in [0.2, 0.25) is 11.8 Å². The third-order valence-electron chi connectivity index (χ3n) is 7.13. The molecule has 1 unspecified atom stereocenters. The van der Waals surface area contributed by atoms with Crippen molar-refractivity contribution in [2.24, 2.45) is 0 Å². The quantitative estimate of drug-likeness (QED) is 0.649. The first kappa shape index (κ1) is 23.1. The van der Waals surface area contributed by atoms with Crippen LogP contribution >= 0.6 is 0 Å². The fourth-order valence-corrected chi connectivity index (χ4v) is 5.26. The van der Waals surface area contributed by atoms with E-state index in [9.17, 15) is 19.6 Å². The molecule has 0 spiro atoms. The summed E-state index contributed by atoms with van der Waals surface area (Å²) in [5.41, 5.74) is 3.22. The largest absolute Gasteiger partial charge is 0.492 e. The molecule has 3 aliphatic heterocycles. The predicted molar refractivity (Wildman–Crippen MR) is 127 cm³/mol. The van der Waals surface area contributed by atoms with E-state index in [4.69, 9.17) is 4.74 Å². The van der Waals surface area contributed by atoms with Crippen LogP contribution in [0.1, 0.15) is 59.2 Å². The number of hydrogen-bond acceptors (Lipinski definition) is 6. The zero-order valence-corrected chi connectivity index (χ0v) is 19.5. The van der Waals surface area contributed by atoms with Crippen molar-refractivity contribution in [1.29, 1.82) is 5.26 Å². The molecule has 5 rings (SSSR count). The van der Waals surface area contributed by atoms with Crippen molar-refractivity contribution in [3.8, 4) is 11.8 Å². The van der Waals surface area contributed by atoms with Crippen LogP contribution in [0.2, 0.25) is 0 Å². The Morgan fingerprint density at radius 3 is 2.80 bits per heavy atom. The predicted octanol–water partition coefficient (Wildman–Crippen LogP) is 2.75. The van der Waals surface area contributed by atoms with Crippen LogP contribution in [0.4, 0.5) is 0 Å². The summed E-state index contributed by atoms with van der Waals surface area (Å²) in [5.74, 6) is -0.171. The maximum absolute atomic E-state index is 12.9. The first-order valence-electron chi connectivity index (χ1n) is 12.2. The molecule has 2 atom stereocenters. The summed E-state index contributed by atoms with van der Waals surface area (Å²) in [6, 6.07) is 15.1. The van der Waals surface area contributed by atoms with Crippen LogP contribution in [-0.4, -0.2) is 52.8 Å². The molecule has 0 aromatic heterocycles. The van der Waals surface area contributed by atoms with Gasteiger partial charge in [-0.15, -0.1) is 0 Å². The molecule has 2 fully saturated rings. The number of likely N-dealkylation sites (tertiary alicyclic amines) is 1. The highest BCUT2D eigenvalue weighted by Gasteiger charge is 2.39. The number of carbonyl (C=O) groups excluding carboxylic acids is 3. The Labute approximate surface area is 204 Å². The minimum Gasteiger partial charge on any atom is -0.492 e. The Hall–Kier alpha value is -3.70. The van der Waals surface area contributed by atoms with Crippen molar-refractivity contribution in [1.82, 2.24) is 15.1 Å². The van der Waals surface area contributed by atoms with Crippen molar-refractivity contribution >= 4 is 17.7 Å². The molecule has 3 amide bonds. The number of imide groups is 1. The number of benzene rings is 2. The Balaban J connectivity index is 1.23. The summed E-state index contributed by atoms with van der Waals surface area (Å²) in [5, 5.41) is 11.5.